The topological polar surface area (TPSA) is 75.8 Å². The molecule has 5 nitrogen and oxygen atoms in total. The summed E-state index contributed by atoms with van der Waals surface area (Å²) in [4.78, 5) is 13.0. The van der Waals surface area contributed by atoms with E-state index in [1.54, 1.807) is 11.8 Å². The predicted octanol–water partition coefficient (Wildman–Crippen LogP) is 0.174. The van der Waals surface area contributed by atoms with Crippen molar-refractivity contribution in [2.24, 2.45) is 11.7 Å². The van der Waals surface area contributed by atoms with Crippen LogP contribution in [0, 0.1) is 5.92 Å². The molecule has 1 heterocycles. The third-order valence-corrected chi connectivity index (χ3v) is 2.85. The highest BCUT2D eigenvalue weighted by molar-refractivity contribution is 5.67. The van der Waals surface area contributed by atoms with Crippen LogP contribution in [0.15, 0.2) is 0 Å². The quantitative estimate of drug-likeness (QED) is 0.705. The summed E-state index contributed by atoms with van der Waals surface area (Å²) in [5.74, 6) is 0.223. The average Bonchev–Trinajstić information content (AvgIpc) is 2.28. The van der Waals surface area contributed by atoms with E-state index in [4.69, 9.17) is 10.5 Å². The first kappa shape index (κ1) is 12.3. The Bertz CT molecular complexity index is 203. The van der Waals surface area contributed by atoms with Gasteiger partial charge in [0.2, 0.25) is 0 Å². The molecule has 1 aliphatic heterocycles. The fourth-order valence-corrected chi connectivity index (χ4v) is 1.87. The molecule has 1 rings (SSSR count). The zero-order valence-electron chi connectivity index (χ0n) is 9.19. The van der Waals surface area contributed by atoms with E-state index in [2.05, 4.69) is 0 Å². The normalized spacial score (nSPS) is 20.1. The largest absolute Gasteiger partial charge is 0.450 e. The molecule has 1 amide bonds. The fraction of sp³-hybridized carbons (Fsp3) is 0.900. The number of carbonyl (C=O) groups is 1. The number of nitrogens with zero attached hydrogens (tertiary/aromatic N) is 1. The predicted molar refractivity (Wildman–Crippen MR) is 56.4 cm³/mol. The molecule has 1 aliphatic rings. The zero-order chi connectivity index (χ0) is 11.3. The number of ether oxygens (including phenoxy) is 1. The van der Waals surface area contributed by atoms with Gasteiger partial charge in [0.1, 0.15) is 0 Å². The van der Waals surface area contributed by atoms with Crippen molar-refractivity contribution in [1.29, 1.82) is 0 Å². The SMILES string of the molecule is CCOC(=O)N1CCC([C@@H](O)CN)CC1. The number of carbonyl (C=O) groups excluding carboxylic acids is 1. The van der Waals surface area contributed by atoms with Gasteiger partial charge in [0.15, 0.2) is 0 Å². The standard InChI is InChI=1S/C10H20N2O3/c1-2-15-10(14)12-5-3-8(4-6-12)9(13)7-11/h8-9,13H,2-7,11H2,1H3/t9-/m0/s1. The maximum absolute atomic E-state index is 11.4. The van der Waals surface area contributed by atoms with Crippen molar-refractivity contribution >= 4 is 6.09 Å². The smallest absolute Gasteiger partial charge is 0.409 e. The summed E-state index contributed by atoms with van der Waals surface area (Å²) in [6.45, 7) is 3.80. The van der Waals surface area contributed by atoms with Crippen molar-refractivity contribution in [3.63, 3.8) is 0 Å². The summed E-state index contributed by atoms with van der Waals surface area (Å²) >= 11 is 0. The first-order chi connectivity index (χ1) is 7.19. The highest BCUT2D eigenvalue weighted by atomic mass is 16.6. The van der Waals surface area contributed by atoms with Gasteiger partial charge >= 0.3 is 6.09 Å². The van der Waals surface area contributed by atoms with Crippen LogP contribution in [0.1, 0.15) is 19.8 Å². The highest BCUT2D eigenvalue weighted by Gasteiger charge is 2.27. The van der Waals surface area contributed by atoms with E-state index >= 15 is 0 Å². The van der Waals surface area contributed by atoms with Crippen molar-refractivity contribution in [1.82, 2.24) is 4.90 Å². The van der Waals surface area contributed by atoms with E-state index < -0.39 is 6.10 Å². The fourth-order valence-electron chi connectivity index (χ4n) is 1.87. The van der Waals surface area contributed by atoms with Crippen LogP contribution in [-0.2, 0) is 4.74 Å². The molecule has 0 aromatic carbocycles. The molecule has 1 fully saturated rings. The first-order valence-electron chi connectivity index (χ1n) is 5.48. The van der Waals surface area contributed by atoms with Gasteiger partial charge in [-0.2, -0.15) is 0 Å². The molecule has 0 radical (unpaired) electrons. The lowest BCUT2D eigenvalue weighted by Crippen LogP contribution is -2.43. The van der Waals surface area contributed by atoms with Gasteiger partial charge in [-0.25, -0.2) is 4.79 Å². The molecule has 0 aliphatic carbocycles. The number of rotatable bonds is 3. The maximum atomic E-state index is 11.4. The molecule has 1 saturated heterocycles. The summed E-state index contributed by atoms with van der Waals surface area (Å²) in [7, 11) is 0. The van der Waals surface area contributed by atoms with Gasteiger partial charge in [-0.1, -0.05) is 0 Å². The van der Waals surface area contributed by atoms with Crippen LogP contribution in [0.3, 0.4) is 0 Å². The average molecular weight is 216 g/mol. The lowest BCUT2D eigenvalue weighted by atomic mass is 9.91. The van der Waals surface area contributed by atoms with Gasteiger partial charge in [-0.15, -0.1) is 0 Å². The van der Waals surface area contributed by atoms with E-state index in [1.807, 2.05) is 0 Å². The Balaban J connectivity index is 2.32. The number of likely N-dealkylation sites (tertiary alicyclic amines) is 1. The molecule has 0 spiro atoms. The maximum Gasteiger partial charge on any atom is 0.409 e. The minimum absolute atomic E-state index is 0.223. The molecule has 15 heavy (non-hydrogen) atoms. The summed E-state index contributed by atoms with van der Waals surface area (Å²) in [6, 6.07) is 0. The van der Waals surface area contributed by atoms with Gasteiger partial charge < -0.3 is 20.5 Å². The summed E-state index contributed by atoms with van der Waals surface area (Å²) < 4.78 is 4.90. The Morgan fingerprint density at radius 3 is 2.67 bits per heavy atom. The number of aliphatic hydroxyl groups excluding tert-OH is 1. The van der Waals surface area contributed by atoms with E-state index in [9.17, 15) is 9.90 Å². The molecule has 0 saturated carbocycles. The second-order valence-electron chi connectivity index (χ2n) is 3.83. The highest BCUT2D eigenvalue weighted by Crippen LogP contribution is 2.20. The van der Waals surface area contributed by atoms with Gasteiger partial charge in [0, 0.05) is 19.6 Å². The Kier molecular flexibility index (Phi) is 4.84. The van der Waals surface area contributed by atoms with Crippen molar-refractivity contribution in [3.05, 3.63) is 0 Å². The first-order valence-corrected chi connectivity index (χ1v) is 5.48. The van der Waals surface area contributed by atoms with Crippen LogP contribution in [0.4, 0.5) is 4.79 Å². The summed E-state index contributed by atoms with van der Waals surface area (Å²) in [6.07, 6.45) is 0.918. The number of amides is 1. The molecule has 1 atom stereocenters. The molecule has 0 unspecified atom stereocenters. The van der Waals surface area contributed by atoms with Gasteiger partial charge in [0.05, 0.1) is 12.7 Å². The summed E-state index contributed by atoms with van der Waals surface area (Å²) in [5, 5.41) is 9.55. The Morgan fingerprint density at radius 1 is 1.60 bits per heavy atom. The molecule has 0 bridgehead atoms. The lowest BCUT2D eigenvalue weighted by Gasteiger charge is -2.33. The van der Waals surface area contributed by atoms with E-state index in [0.29, 0.717) is 26.2 Å². The zero-order valence-corrected chi connectivity index (χ0v) is 9.19. The van der Waals surface area contributed by atoms with Crippen molar-refractivity contribution in [2.45, 2.75) is 25.9 Å². The third-order valence-electron chi connectivity index (χ3n) is 2.85. The Hall–Kier alpha value is -0.810. The van der Waals surface area contributed by atoms with E-state index in [1.165, 1.54) is 0 Å². The van der Waals surface area contributed by atoms with E-state index in [0.717, 1.165) is 12.8 Å². The monoisotopic (exact) mass is 216 g/mol. The van der Waals surface area contributed by atoms with Crippen LogP contribution >= 0.6 is 0 Å². The lowest BCUT2D eigenvalue weighted by molar-refractivity contribution is 0.0529. The Morgan fingerprint density at radius 2 is 2.20 bits per heavy atom. The van der Waals surface area contributed by atoms with Crippen LogP contribution < -0.4 is 5.73 Å². The van der Waals surface area contributed by atoms with E-state index in [-0.39, 0.29) is 12.0 Å². The number of aliphatic hydroxyl groups is 1. The summed E-state index contributed by atoms with van der Waals surface area (Å²) in [5.41, 5.74) is 5.39. The Labute approximate surface area is 90.2 Å². The van der Waals surface area contributed by atoms with Crippen molar-refractivity contribution < 1.29 is 14.6 Å². The molecule has 0 aromatic rings. The van der Waals surface area contributed by atoms with Crippen LogP contribution in [0.25, 0.3) is 0 Å². The van der Waals surface area contributed by atoms with Crippen molar-refractivity contribution in [3.8, 4) is 0 Å². The van der Waals surface area contributed by atoms with Crippen LogP contribution in [0.5, 0.6) is 0 Å². The van der Waals surface area contributed by atoms with Crippen LogP contribution in [-0.4, -0.2) is 48.4 Å². The van der Waals surface area contributed by atoms with Gasteiger partial charge in [-0.05, 0) is 25.7 Å². The number of piperidine rings is 1. The third kappa shape index (κ3) is 3.35. The molecule has 3 N–H and O–H groups in total. The minimum atomic E-state index is -0.436. The minimum Gasteiger partial charge on any atom is -0.450 e. The second-order valence-corrected chi connectivity index (χ2v) is 3.83. The number of nitrogens with two attached hydrogens (primary N) is 1. The van der Waals surface area contributed by atoms with Gasteiger partial charge in [0.25, 0.3) is 0 Å². The van der Waals surface area contributed by atoms with Crippen LogP contribution in [0.2, 0.25) is 0 Å². The molecule has 5 heteroatoms. The van der Waals surface area contributed by atoms with Gasteiger partial charge in [-0.3, -0.25) is 0 Å². The second kappa shape index (κ2) is 5.92. The molecular formula is C10H20N2O3. The molecule has 0 aromatic heterocycles. The van der Waals surface area contributed by atoms with Crippen molar-refractivity contribution in [2.75, 3.05) is 26.2 Å². The molecular weight excluding hydrogens is 196 g/mol. The number of hydrogen-bond acceptors (Lipinski definition) is 4. The molecule has 88 valence electrons. The number of hydrogen-bond donors (Lipinski definition) is 2.